The molecule has 26 heavy (non-hydrogen) atoms. The average molecular weight is 457 g/mol. The van der Waals surface area contributed by atoms with Crippen molar-refractivity contribution in [3.63, 3.8) is 0 Å². The van der Waals surface area contributed by atoms with Gasteiger partial charge in [0, 0.05) is 28.2 Å². The fraction of sp³-hybridized carbons (Fsp3) is 0.0500. The van der Waals surface area contributed by atoms with Crippen molar-refractivity contribution >= 4 is 40.1 Å². The second kappa shape index (κ2) is 8.57. The van der Waals surface area contributed by atoms with Gasteiger partial charge in [-0.25, -0.2) is 0 Å². The van der Waals surface area contributed by atoms with E-state index in [0.29, 0.717) is 23.4 Å². The van der Waals surface area contributed by atoms with Crippen molar-refractivity contribution in [3.05, 3.63) is 93.3 Å². The number of rotatable bonds is 5. The molecule has 0 radical (unpaired) electrons. The quantitative estimate of drug-likeness (QED) is 0.572. The number of benzene rings is 2. The molecule has 0 aliphatic carbocycles. The fourth-order valence-corrected chi connectivity index (χ4v) is 3.04. The van der Waals surface area contributed by atoms with Gasteiger partial charge in [-0.15, -0.1) is 0 Å². The van der Waals surface area contributed by atoms with E-state index in [0.717, 1.165) is 9.13 Å². The molecule has 130 valence electrons. The summed E-state index contributed by atoms with van der Waals surface area (Å²) in [4.78, 5) is 28.7. The van der Waals surface area contributed by atoms with Crippen molar-refractivity contribution < 1.29 is 9.59 Å². The highest BCUT2D eigenvalue weighted by Crippen LogP contribution is 2.17. The largest absolute Gasteiger partial charge is 0.348 e. The second-order valence-electron chi connectivity index (χ2n) is 5.52. The van der Waals surface area contributed by atoms with Gasteiger partial charge in [-0.3, -0.25) is 14.6 Å². The number of amides is 2. The number of halogens is 1. The van der Waals surface area contributed by atoms with Crippen molar-refractivity contribution in [2.24, 2.45) is 0 Å². The van der Waals surface area contributed by atoms with E-state index >= 15 is 0 Å². The third-order valence-electron chi connectivity index (χ3n) is 3.75. The molecule has 0 saturated heterocycles. The Morgan fingerprint density at radius 2 is 1.69 bits per heavy atom. The van der Waals surface area contributed by atoms with Crippen LogP contribution in [0.1, 0.15) is 26.3 Å². The average Bonchev–Trinajstić information content (AvgIpc) is 2.68. The fourth-order valence-electron chi connectivity index (χ4n) is 2.40. The number of aromatic nitrogens is 1. The molecule has 1 aromatic heterocycles. The summed E-state index contributed by atoms with van der Waals surface area (Å²) < 4.78 is 0.890. The van der Waals surface area contributed by atoms with Gasteiger partial charge in [0.15, 0.2) is 0 Å². The van der Waals surface area contributed by atoms with E-state index in [1.54, 1.807) is 24.4 Å². The van der Waals surface area contributed by atoms with Gasteiger partial charge in [0.2, 0.25) is 0 Å². The molecule has 5 nitrogen and oxygen atoms in total. The number of hydrogen-bond acceptors (Lipinski definition) is 3. The van der Waals surface area contributed by atoms with Crippen molar-refractivity contribution in [3.8, 4) is 0 Å². The minimum atomic E-state index is -0.241. The maximum atomic E-state index is 12.4. The summed E-state index contributed by atoms with van der Waals surface area (Å²) in [5.74, 6) is -0.391. The first kappa shape index (κ1) is 18.1. The first-order valence-corrected chi connectivity index (χ1v) is 9.05. The highest BCUT2D eigenvalue weighted by atomic mass is 127. The van der Waals surface area contributed by atoms with Crippen LogP contribution in [-0.4, -0.2) is 16.8 Å². The molecule has 0 saturated carbocycles. The predicted octanol–water partition coefficient (Wildman–Crippen LogP) is 3.87. The van der Waals surface area contributed by atoms with E-state index in [9.17, 15) is 9.59 Å². The Balaban J connectivity index is 1.71. The normalized spacial score (nSPS) is 10.2. The van der Waals surface area contributed by atoms with Gasteiger partial charge in [0.25, 0.3) is 11.8 Å². The number of hydrogen-bond donors (Lipinski definition) is 2. The molecule has 0 fully saturated rings. The summed E-state index contributed by atoms with van der Waals surface area (Å²) in [5, 5.41) is 5.77. The molecule has 3 rings (SSSR count). The van der Waals surface area contributed by atoms with Crippen molar-refractivity contribution in [1.82, 2.24) is 10.3 Å². The van der Waals surface area contributed by atoms with Gasteiger partial charge in [0.05, 0.1) is 11.1 Å². The molecule has 0 atom stereocenters. The molecule has 2 amide bonds. The van der Waals surface area contributed by atoms with Crippen LogP contribution >= 0.6 is 22.6 Å². The smallest absolute Gasteiger partial charge is 0.257 e. The Bertz CT molecular complexity index is 929. The lowest BCUT2D eigenvalue weighted by Crippen LogP contribution is -2.24. The summed E-state index contributed by atoms with van der Waals surface area (Å²) in [7, 11) is 0. The number of para-hydroxylation sites is 1. The summed E-state index contributed by atoms with van der Waals surface area (Å²) in [6, 6.07) is 18.2. The van der Waals surface area contributed by atoms with Crippen molar-refractivity contribution in [2.45, 2.75) is 6.54 Å². The summed E-state index contributed by atoms with van der Waals surface area (Å²) in [5.41, 5.74) is 2.59. The van der Waals surface area contributed by atoms with Gasteiger partial charge in [0.1, 0.15) is 0 Å². The second-order valence-corrected chi connectivity index (χ2v) is 6.68. The number of pyridine rings is 1. The minimum Gasteiger partial charge on any atom is -0.348 e. The topological polar surface area (TPSA) is 71.1 Å². The molecule has 1 heterocycles. The molecule has 0 bridgehead atoms. The van der Waals surface area contributed by atoms with Crippen molar-refractivity contribution in [2.75, 3.05) is 5.32 Å². The maximum absolute atomic E-state index is 12.4. The van der Waals surface area contributed by atoms with E-state index in [1.165, 1.54) is 6.20 Å². The molecular weight excluding hydrogens is 441 g/mol. The molecule has 0 aliphatic rings. The van der Waals surface area contributed by atoms with Crippen LogP contribution in [0.25, 0.3) is 0 Å². The Hall–Kier alpha value is -2.74. The third kappa shape index (κ3) is 4.45. The summed E-state index contributed by atoms with van der Waals surface area (Å²) in [6.45, 7) is 0.313. The molecule has 0 aliphatic heterocycles. The van der Waals surface area contributed by atoms with E-state index < -0.39 is 0 Å². The number of anilines is 1. The van der Waals surface area contributed by atoms with Gasteiger partial charge < -0.3 is 10.6 Å². The zero-order valence-electron chi connectivity index (χ0n) is 13.8. The van der Waals surface area contributed by atoms with Gasteiger partial charge in [-0.2, -0.15) is 0 Å². The summed E-state index contributed by atoms with van der Waals surface area (Å²) >= 11 is 2.14. The molecule has 0 unspecified atom stereocenters. The Kier molecular flexibility index (Phi) is 5.96. The van der Waals surface area contributed by atoms with Gasteiger partial charge in [-0.05, 0) is 58.5 Å². The minimum absolute atomic E-state index is 0.150. The molecule has 3 aromatic rings. The van der Waals surface area contributed by atoms with Crippen LogP contribution in [0.5, 0.6) is 0 Å². The molecule has 2 aromatic carbocycles. The highest BCUT2D eigenvalue weighted by molar-refractivity contribution is 14.1. The Morgan fingerprint density at radius 3 is 2.46 bits per heavy atom. The standard InChI is InChI=1S/C20H16IN3O2/c21-17-9-3-2-8-16(17)20(26)23-13-14-6-1-4-10-18(14)24-19(25)15-7-5-11-22-12-15/h1-12H,13H2,(H,23,26)(H,24,25). The molecule has 6 heteroatoms. The maximum Gasteiger partial charge on any atom is 0.257 e. The lowest BCUT2D eigenvalue weighted by atomic mass is 10.1. The number of carbonyl (C=O) groups is 2. The van der Waals surface area contributed by atoms with E-state index in [2.05, 4.69) is 38.2 Å². The van der Waals surface area contributed by atoms with E-state index in [1.807, 2.05) is 42.5 Å². The van der Waals surface area contributed by atoms with E-state index in [4.69, 9.17) is 0 Å². The third-order valence-corrected chi connectivity index (χ3v) is 4.69. The van der Waals surface area contributed by atoms with Crippen LogP contribution in [0.2, 0.25) is 0 Å². The molecular formula is C20H16IN3O2. The van der Waals surface area contributed by atoms with Crippen LogP contribution in [0, 0.1) is 3.57 Å². The zero-order valence-corrected chi connectivity index (χ0v) is 15.9. The highest BCUT2D eigenvalue weighted by Gasteiger charge is 2.12. The first-order valence-electron chi connectivity index (χ1n) is 7.97. The first-order chi connectivity index (χ1) is 12.6. The van der Waals surface area contributed by atoms with E-state index in [-0.39, 0.29) is 11.8 Å². The van der Waals surface area contributed by atoms with Crippen LogP contribution in [-0.2, 0) is 6.54 Å². The van der Waals surface area contributed by atoms with Crippen LogP contribution in [0.3, 0.4) is 0 Å². The monoisotopic (exact) mass is 457 g/mol. The van der Waals surface area contributed by atoms with Crippen LogP contribution in [0.4, 0.5) is 5.69 Å². The number of nitrogens with one attached hydrogen (secondary N) is 2. The number of nitrogens with zero attached hydrogens (tertiary/aromatic N) is 1. The SMILES string of the molecule is O=C(Nc1ccccc1CNC(=O)c1ccccc1I)c1cccnc1. The van der Waals surface area contributed by atoms with Crippen LogP contribution < -0.4 is 10.6 Å². The lowest BCUT2D eigenvalue weighted by molar-refractivity contribution is 0.0949. The van der Waals surface area contributed by atoms with Crippen LogP contribution in [0.15, 0.2) is 73.1 Å². The zero-order chi connectivity index (χ0) is 18.4. The lowest BCUT2D eigenvalue weighted by Gasteiger charge is -2.12. The van der Waals surface area contributed by atoms with Crippen molar-refractivity contribution in [1.29, 1.82) is 0 Å². The Labute approximate surface area is 165 Å². The van der Waals surface area contributed by atoms with Gasteiger partial charge >= 0.3 is 0 Å². The Morgan fingerprint density at radius 1 is 0.923 bits per heavy atom. The predicted molar refractivity (Wildman–Crippen MR) is 109 cm³/mol. The molecule has 2 N–H and O–H groups in total. The van der Waals surface area contributed by atoms with Gasteiger partial charge in [-0.1, -0.05) is 30.3 Å². The summed E-state index contributed by atoms with van der Waals surface area (Å²) in [6.07, 6.45) is 3.13. The number of carbonyl (C=O) groups excluding carboxylic acids is 2. The molecule has 0 spiro atoms.